The number of hydrogen-bond donors (Lipinski definition) is 3. The summed E-state index contributed by atoms with van der Waals surface area (Å²) in [6.45, 7) is 9.04. The van der Waals surface area contributed by atoms with Gasteiger partial charge in [-0.25, -0.2) is 0 Å². The molecule has 0 fully saturated rings. The van der Waals surface area contributed by atoms with Crippen LogP contribution in [-0.4, -0.2) is 36.2 Å². The van der Waals surface area contributed by atoms with E-state index in [1.54, 1.807) is 0 Å². The van der Waals surface area contributed by atoms with Crippen molar-refractivity contribution in [1.82, 2.24) is 10.6 Å². The van der Waals surface area contributed by atoms with Gasteiger partial charge in [-0.2, -0.15) is 0 Å². The molecule has 0 aromatic heterocycles. The molecule has 0 saturated carbocycles. The van der Waals surface area contributed by atoms with Gasteiger partial charge in [-0.15, -0.1) is 0 Å². The number of carbonyl (C=O) groups excluding carboxylic acids is 1. The highest BCUT2D eigenvalue weighted by Crippen LogP contribution is 2.04. The van der Waals surface area contributed by atoms with Gasteiger partial charge < -0.3 is 15.7 Å². The molecule has 0 saturated heterocycles. The summed E-state index contributed by atoms with van der Waals surface area (Å²) in [5.41, 5.74) is 0. The number of rotatable bonds is 8. The van der Waals surface area contributed by atoms with Crippen LogP contribution in [0.25, 0.3) is 0 Å². The number of hydrogen-bond acceptors (Lipinski definition) is 3. The Hall–Kier alpha value is -0.610. The SMILES string of the molecule is CCNC(C)CC(=O)NC(CO)CC(C)C. The second kappa shape index (κ2) is 8.53. The molecule has 96 valence electrons. The van der Waals surface area contributed by atoms with Crippen molar-refractivity contribution in [3.05, 3.63) is 0 Å². The highest BCUT2D eigenvalue weighted by atomic mass is 16.3. The third-order valence-corrected chi connectivity index (χ3v) is 2.39. The quantitative estimate of drug-likeness (QED) is 0.580. The van der Waals surface area contributed by atoms with Crippen LogP contribution in [0.4, 0.5) is 0 Å². The lowest BCUT2D eigenvalue weighted by atomic mass is 10.0. The predicted octanol–water partition coefficient (Wildman–Crippen LogP) is 0.898. The van der Waals surface area contributed by atoms with E-state index in [9.17, 15) is 4.79 Å². The smallest absolute Gasteiger partial charge is 0.221 e. The largest absolute Gasteiger partial charge is 0.394 e. The third kappa shape index (κ3) is 7.65. The van der Waals surface area contributed by atoms with E-state index < -0.39 is 0 Å². The minimum atomic E-state index is -0.110. The van der Waals surface area contributed by atoms with Gasteiger partial charge in [0.2, 0.25) is 5.91 Å². The Bertz CT molecular complexity index is 195. The lowest BCUT2D eigenvalue weighted by Crippen LogP contribution is -2.41. The molecule has 4 nitrogen and oxygen atoms in total. The fourth-order valence-corrected chi connectivity index (χ4v) is 1.73. The molecule has 2 unspecified atom stereocenters. The van der Waals surface area contributed by atoms with Crippen LogP contribution in [0.3, 0.4) is 0 Å². The molecule has 0 aromatic carbocycles. The van der Waals surface area contributed by atoms with Gasteiger partial charge in [-0.1, -0.05) is 20.8 Å². The standard InChI is InChI=1S/C12H26N2O2/c1-5-13-10(4)7-12(16)14-11(8-15)6-9(2)3/h9-11,13,15H,5-8H2,1-4H3,(H,14,16). The van der Waals surface area contributed by atoms with Crippen molar-refractivity contribution >= 4 is 5.91 Å². The Kier molecular flexibility index (Phi) is 8.21. The lowest BCUT2D eigenvalue weighted by Gasteiger charge is -2.19. The minimum absolute atomic E-state index is 0.00755. The van der Waals surface area contributed by atoms with Crippen molar-refractivity contribution in [3.8, 4) is 0 Å². The number of nitrogens with one attached hydrogen (secondary N) is 2. The van der Waals surface area contributed by atoms with Gasteiger partial charge in [0.1, 0.15) is 0 Å². The Balaban J connectivity index is 3.91. The molecule has 3 N–H and O–H groups in total. The Morgan fingerprint density at radius 2 is 1.94 bits per heavy atom. The molecule has 0 aromatic rings. The van der Waals surface area contributed by atoms with E-state index >= 15 is 0 Å². The third-order valence-electron chi connectivity index (χ3n) is 2.39. The number of aliphatic hydroxyl groups excluding tert-OH is 1. The van der Waals surface area contributed by atoms with E-state index in [0.29, 0.717) is 12.3 Å². The molecule has 16 heavy (non-hydrogen) atoms. The summed E-state index contributed by atoms with van der Waals surface area (Å²) in [5, 5.41) is 15.2. The monoisotopic (exact) mass is 230 g/mol. The molecule has 0 spiro atoms. The van der Waals surface area contributed by atoms with Crippen molar-refractivity contribution in [2.45, 2.75) is 52.6 Å². The first-order chi connectivity index (χ1) is 7.49. The predicted molar refractivity (Wildman–Crippen MR) is 66.2 cm³/mol. The van der Waals surface area contributed by atoms with Crippen LogP contribution in [-0.2, 0) is 4.79 Å². The zero-order chi connectivity index (χ0) is 12.6. The molecule has 0 aliphatic heterocycles. The van der Waals surface area contributed by atoms with Crippen molar-refractivity contribution in [3.63, 3.8) is 0 Å². The first-order valence-electron chi connectivity index (χ1n) is 6.13. The van der Waals surface area contributed by atoms with E-state index in [1.165, 1.54) is 0 Å². The molecule has 0 heterocycles. The molecule has 1 amide bonds. The van der Waals surface area contributed by atoms with Crippen LogP contribution in [0.1, 0.15) is 40.5 Å². The van der Waals surface area contributed by atoms with Crippen LogP contribution in [0.15, 0.2) is 0 Å². The fourth-order valence-electron chi connectivity index (χ4n) is 1.73. The maximum Gasteiger partial charge on any atom is 0.221 e. The molecular formula is C12H26N2O2. The zero-order valence-corrected chi connectivity index (χ0v) is 10.9. The second-order valence-corrected chi connectivity index (χ2v) is 4.74. The highest BCUT2D eigenvalue weighted by Gasteiger charge is 2.14. The van der Waals surface area contributed by atoms with Gasteiger partial charge in [0.15, 0.2) is 0 Å². The van der Waals surface area contributed by atoms with Gasteiger partial charge in [0, 0.05) is 12.5 Å². The van der Waals surface area contributed by atoms with E-state index in [1.807, 2.05) is 13.8 Å². The average molecular weight is 230 g/mol. The normalized spacial score (nSPS) is 14.9. The molecular weight excluding hydrogens is 204 g/mol. The maximum atomic E-state index is 11.6. The first-order valence-corrected chi connectivity index (χ1v) is 6.13. The molecule has 0 aliphatic rings. The molecule has 0 rings (SSSR count). The lowest BCUT2D eigenvalue weighted by molar-refractivity contribution is -0.122. The topological polar surface area (TPSA) is 61.4 Å². The Morgan fingerprint density at radius 3 is 2.38 bits per heavy atom. The molecule has 0 aliphatic carbocycles. The molecule has 0 bridgehead atoms. The summed E-state index contributed by atoms with van der Waals surface area (Å²) in [6.07, 6.45) is 1.28. The Labute approximate surface area is 98.8 Å². The zero-order valence-electron chi connectivity index (χ0n) is 10.9. The van der Waals surface area contributed by atoms with Crippen molar-refractivity contribution in [2.24, 2.45) is 5.92 Å². The van der Waals surface area contributed by atoms with E-state index in [4.69, 9.17) is 5.11 Å². The summed E-state index contributed by atoms with van der Waals surface area (Å²) in [7, 11) is 0. The number of amides is 1. The first kappa shape index (κ1) is 15.4. The highest BCUT2D eigenvalue weighted by molar-refractivity contribution is 5.76. The van der Waals surface area contributed by atoms with Gasteiger partial charge in [0.25, 0.3) is 0 Å². The summed E-state index contributed by atoms with van der Waals surface area (Å²) >= 11 is 0. The van der Waals surface area contributed by atoms with Crippen molar-refractivity contribution < 1.29 is 9.90 Å². The fraction of sp³-hybridized carbons (Fsp3) is 0.917. The van der Waals surface area contributed by atoms with Crippen LogP contribution in [0.2, 0.25) is 0 Å². The van der Waals surface area contributed by atoms with Crippen LogP contribution in [0, 0.1) is 5.92 Å². The molecule has 4 heteroatoms. The van der Waals surface area contributed by atoms with Crippen molar-refractivity contribution in [2.75, 3.05) is 13.2 Å². The molecule has 2 atom stereocenters. The van der Waals surface area contributed by atoms with Crippen LogP contribution >= 0.6 is 0 Å². The summed E-state index contributed by atoms with van der Waals surface area (Å²) < 4.78 is 0. The van der Waals surface area contributed by atoms with Crippen LogP contribution < -0.4 is 10.6 Å². The van der Waals surface area contributed by atoms with Crippen LogP contribution in [0.5, 0.6) is 0 Å². The summed E-state index contributed by atoms with van der Waals surface area (Å²) in [5.74, 6) is 0.483. The number of carbonyl (C=O) groups is 1. The second-order valence-electron chi connectivity index (χ2n) is 4.74. The van der Waals surface area contributed by atoms with Gasteiger partial charge >= 0.3 is 0 Å². The Morgan fingerprint density at radius 1 is 1.31 bits per heavy atom. The minimum Gasteiger partial charge on any atom is -0.394 e. The average Bonchev–Trinajstić information content (AvgIpc) is 2.15. The van der Waals surface area contributed by atoms with Crippen molar-refractivity contribution in [1.29, 1.82) is 0 Å². The van der Waals surface area contributed by atoms with Gasteiger partial charge in [-0.05, 0) is 25.8 Å². The van der Waals surface area contributed by atoms with E-state index in [0.717, 1.165) is 13.0 Å². The molecule has 0 radical (unpaired) electrons. The maximum absolute atomic E-state index is 11.6. The summed E-state index contributed by atoms with van der Waals surface area (Å²) in [4.78, 5) is 11.6. The summed E-state index contributed by atoms with van der Waals surface area (Å²) in [6, 6.07) is 0.0738. The van der Waals surface area contributed by atoms with E-state index in [2.05, 4.69) is 24.5 Å². The van der Waals surface area contributed by atoms with Gasteiger partial charge in [0.05, 0.1) is 12.6 Å². The number of aliphatic hydroxyl groups is 1. The van der Waals surface area contributed by atoms with E-state index in [-0.39, 0.29) is 24.6 Å². The van der Waals surface area contributed by atoms with Gasteiger partial charge in [-0.3, -0.25) is 4.79 Å².